The third-order valence-electron chi connectivity index (χ3n) is 5.84. The van der Waals surface area contributed by atoms with Gasteiger partial charge >= 0.3 is 12.1 Å². The van der Waals surface area contributed by atoms with E-state index < -0.39 is 29.7 Å². The highest BCUT2D eigenvalue weighted by Gasteiger charge is 2.30. The molecule has 2 N–H and O–H groups in total. The van der Waals surface area contributed by atoms with Crippen molar-refractivity contribution < 1.29 is 32.6 Å². The number of nitrogens with zero attached hydrogens (tertiary/aromatic N) is 3. The van der Waals surface area contributed by atoms with Crippen molar-refractivity contribution in [3.8, 4) is 0 Å². The molecule has 0 radical (unpaired) electrons. The van der Waals surface area contributed by atoms with Gasteiger partial charge in [0, 0.05) is 0 Å². The summed E-state index contributed by atoms with van der Waals surface area (Å²) in [7, 11) is 0. The number of carboxylic acid groups (broad SMARTS) is 1. The number of halogens is 3. The Kier molecular flexibility index (Phi) is 7.20. The van der Waals surface area contributed by atoms with Crippen LogP contribution in [0.5, 0.6) is 0 Å². The molecule has 0 bridgehead atoms. The van der Waals surface area contributed by atoms with Gasteiger partial charge in [0.25, 0.3) is 5.91 Å². The number of hydrogen-bond acceptors (Lipinski definition) is 5. The number of ether oxygens (including phenoxy) is 1. The Hall–Kier alpha value is -3.99. The predicted octanol–water partition coefficient (Wildman–Crippen LogP) is 4.34. The maximum absolute atomic E-state index is 13.4. The number of aromatic nitrogens is 3. The molecule has 3 aromatic rings. The maximum atomic E-state index is 13.4. The van der Waals surface area contributed by atoms with Crippen molar-refractivity contribution in [2.24, 2.45) is 0 Å². The predicted molar refractivity (Wildman–Crippen MR) is 123 cm³/mol. The van der Waals surface area contributed by atoms with Crippen molar-refractivity contribution in [3.63, 3.8) is 0 Å². The smallest absolute Gasteiger partial charge is 0.416 e. The summed E-state index contributed by atoms with van der Waals surface area (Å²) in [5.41, 5.74) is 1.94. The summed E-state index contributed by atoms with van der Waals surface area (Å²) in [4.78, 5) is 24.5. The first-order chi connectivity index (χ1) is 17.1. The van der Waals surface area contributed by atoms with Crippen LogP contribution < -0.4 is 5.32 Å². The first kappa shape index (κ1) is 25.1. The second-order valence-electron chi connectivity index (χ2n) is 8.32. The van der Waals surface area contributed by atoms with E-state index in [1.54, 1.807) is 19.1 Å². The Bertz CT molecular complexity index is 1280. The summed E-state index contributed by atoms with van der Waals surface area (Å²) in [6.45, 7) is 2.63. The molecule has 8 nitrogen and oxygen atoms in total. The van der Waals surface area contributed by atoms with Crippen molar-refractivity contribution in [3.05, 3.63) is 88.2 Å². The van der Waals surface area contributed by atoms with Crippen LogP contribution in [0.25, 0.3) is 5.57 Å². The number of carbonyl (C=O) groups is 2. The second kappa shape index (κ2) is 10.3. The molecular weight excluding hydrogens is 477 g/mol. The molecular formula is C25H23F3N4O4. The fourth-order valence-corrected chi connectivity index (χ4v) is 3.84. The molecule has 0 saturated carbocycles. The average Bonchev–Trinajstić information content (AvgIpc) is 3.28. The molecule has 188 valence electrons. The lowest BCUT2D eigenvalue weighted by atomic mass is 10.0. The molecule has 0 saturated heterocycles. The fraction of sp³-hybridized carbons (Fsp3) is 0.280. The SMILES string of the molecule is C[C@H](NC(=O)c1c(C2=CCOCC2)nnn1Cc1ccc(C(F)(F)F)cc1)c1ccc(C(=O)O)cc1. The van der Waals surface area contributed by atoms with E-state index in [4.69, 9.17) is 9.84 Å². The minimum Gasteiger partial charge on any atom is -0.478 e. The Labute approximate surface area is 204 Å². The molecule has 4 rings (SSSR count). The average molecular weight is 500 g/mol. The van der Waals surface area contributed by atoms with Crippen molar-refractivity contribution >= 4 is 17.4 Å². The molecule has 0 fully saturated rings. The van der Waals surface area contributed by atoms with Crippen LogP contribution in [-0.2, 0) is 17.5 Å². The zero-order valence-electron chi connectivity index (χ0n) is 19.2. The topological polar surface area (TPSA) is 106 Å². The maximum Gasteiger partial charge on any atom is 0.416 e. The van der Waals surface area contributed by atoms with E-state index >= 15 is 0 Å². The molecule has 2 heterocycles. The molecule has 1 aliphatic rings. The highest BCUT2D eigenvalue weighted by molar-refractivity contribution is 5.97. The van der Waals surface area contributed by atoms with Crippen LogP contribution >= 0.6 is 0 Å². The molecule has 0 unspecified atom stereocenters. The largest absolute Gasteiger partial charge is 0.478 e. The van der Waals surface area contributed by atoms with Crippen LogP contribution in [0.3, 0.4) is 0 Å². The van der Waals surface area contributed by atoms with E-state index in [2.05, 4.69) is 15.6 Å². The zero-order valence-corrected chi connectivity index (χ0v) is 19.2. The fourth-order valence-electron chi connectivity index (χ4n) is 3.84. The number of alkyl halides is 3. The molecule has 11 heteroatoms. The van der Waals surface area contributed by atoms with Crippen LogP contribution in [0.15, 0.2) is 54.6 Å². The van der Waals surface area contributed by atoms with Crippen molar-refractivity contribution in [2.45, 2.75) is 32.1 Å². The highest BCUT2D eigenvalue weighted by Crippen LogP contribution is 2.29. The lowest BCUT2D eigenvalue weighted by Crippen LogP contribution is -2.30. The van der Waals surface area contributed by atoms with Gasteiger partial charge in [0.15, 0.2) is 5.69 Å². The number of carboxylic acids is 1. The Morgan fingerprint density at radius 1 is 1.14 bits per heavy atom. The quantitative estimate of drug-likeness (QED) is 0.500. The van der Waals surface area contributed by atoms with E-state index in [1.165, 1.54) is 28.9 Å². The van der Waals surface area contributed by atoms with Crippen LogP contribution in [-0.4, -0.2) is 45.2 Å². The monoisotopic (exact) mass is 500 g/mol. The number of rotatable bonds is 7. The second-order valence-corrected chi connectivity index (χ2v) is 8.32. The molecule has 1 aromatic heterocycles. The lowest BCUT2D eigenvalue weighted by Gasteiger charge is -2.17. The number of amides is 1. The van der Waals surface area contributed by atoms with Gasteiger partial charge in [-0.05, 0) is 54.3 Å². The van der Waals surface area contributed by atoms with Gasteiger partial charge in [-0.2, -0.15) is 13.2 Å². The third kappa shape index (κ3) is 5.62. The zero-order chi connectivity index (χ0) is 25.9. The number of hydrogen-bond donors (Lipinski definition) is 2. The number of carbonyl (C=O) groups excluding carboxylic acids is 1. The van der Waals surface area contributed by atoms with Crippen LogP contribution in [0, 0.1) is 0 Å². The van der Waals surface area contributed by atoms with Crippen LogP contribution in [0.1, 0.15) is 62.6 Å². The summed E-state index contributed by atoms with van der Waals surface area (Å²) in [5.74, 6) is -1.52. The van der Waals surface area contributed by atoms with E-state index in [1.807, 2.05) is 6.08 Å². The van der Waals surface area contributed by atoms with Gasteiger partial charge in [-0.3, -0.25) is 4.79 Å². The molecule has 2 aromatic carbocycles. The lowest BCUT2D eigenvalue weighted by molar-refractivity contribution is -0.137. The minimum atomic E-state index is -4.45. The Morgan fingerprint density at radius 2 is 1.83 bits per heavy atom. The molecule has 0 aliphatic carbocycles. The first-order valence-electron chi connectivity index (χ1n) is 11.1. The molecule has 1 atom stereocenters. The van der Waals surface area contributed by atoms with Gasteiger partial charge in [-0.1, -0.05) is 35.6 Å². The summed E-state index contributed by atoms with van der Waals surface area (Å²) in [5, 5.41) is 20.3. The van der Waals surface area contributed by atoms with E-state index in [9.17, 15) is 22.8 Å². The normalized spacial score (nSPS) is 14.7. The van der Waals surface area contributed by atoms with Crippen molar-refractivity contribution in [1.29, 1.82) is 0 Å². The summed E-state index contributed by atoms with van der Waals surface area (Å²) < 4.78 is 45.5. The van der Waals surface area contributed by atoms with Crippen molar-refractivity contribution in [1.82, 2.24) is 20.3 Å². The highest BCUT2D eigenvalue weighted by atomic mass is 19.4. The number of nitrogens with one attached hydrogen (secondary N) is 1. The summed E-state index contributed by atoms with van der Waals surface area (Å²) >= 11 is 0. The molecule has 0 spiro atoms. The van der Waals surface area contributed by atoms with Gasteiger partial charge in [-0.15, -0.1) is 5.10 Å². The van der Waals surface area contributed by atoms with E-state index in [0.29, 0.717) is 36.5 Å². The van der Waals surface area contributed by atoms with E-state index in [0.717, 1.165) is 17.7 Å². The van der Waals surface area contributed by atoms with Gasteiger partial charge in [-0.25, -0.2) is 9.48 Å². The van der Waals surface area contributed by atoms with Gasteiger partial charge < -0.3 is 15.2 Å². The van der Waals surface area contributed by atoms with E-state index in [-0.39, 0.29) is 17.8 Å². The standard InChI is InChI=1S/C25H23F3N4O4/c1-15(17-4-6-19(7-5-17)24(34)35)29-23(33)22-21(18-10-12-36-13-11-18)30-31-32(22)14-16-2-8-20(9-3-16)25(26,27)28/h2-10,15H,11-14H2,1H3,(H,29,33)(H,34,35)/t15-/m0/s1. The van der Waals surface area contributed by atoms with Gasteiger partial charge in [0.1, 0.15) is 5.69 Å². The molecule has 1 aliphatic heterocycles. The van der Waals surface area contributed by atoms with Crippen LogP contribution in [0.4, 0.5) is 13.2 Å². The summed E-state index contributed by atoms with van der Waals surface area (Å²) in [6, 6.07) is 10.3. The van der Waals surface area contributed by atoms with Crippen molar-refractivity contribution in [2.75, 3.05) is 13.2 Å². The molecule has 36 heavy (non-hydrogen) atoms. The number of benzene rings is 2. The number of aromatic carboxylic acids is 1. The Balaban J connectivity index is 1.61. The first-order valence-corrected chi connectivity index (χ1v) is 11.1. The van der Waals surface area contributed by atoms with Crippen LogP contribution in [0.2, 0.25) is 0 Å². The molecule has 1 amide bonds. The summed E-state index contributed by atoms with van der Waals surface area (Å²) in [6.07, 6.45) is -2.09. The minimum absolute atomic E-state index is 0.0410. The van der Waals surface area contributed by atoms with Gasteiger partial charge in [0.05, 0.1) is 36.9 Å². The Morgan fingerprint density at radius 3 is 2.42 bits per heavy atom. The van der Waals surface area contributed by atoms with Gasteiger partial charge in [0.2, 0.25) is 0 Å². The third-order valence-corrected chi connectivity index (χ3v) is 5.84.